The number of anilines is 1. The predicted molar refractivity (Wildman–Crippen MR) is 79.2 cm³/mol. The zero-order chi connectivity index (χ0) is 14.0. The highest BCUT2D eigenvalue weighted by Crippen LogP contribution is 2.35. The predicted octanol–water partition coefficient (Wildman–Crippen LogP) is 3.84. The number of rotatable bonds is 5. The Labute approximate surface area is 116 Å². The first-order valence-corrected chi connectivity index (χ1v) is 7.28. The molecule has 1 heterocycles. The number of benzene rings is 1. The van der Waals surface area contributed by atoms with Crippen molar-refractivity contribution in [2.24, 2.45) is 0 Å². The number of fused-ring (bicyclic) bond motifs is 1. The minimum atomic E-state index is -0.0619. The maximum Gasteiger partial charge on any atom is 0.128 e. The summed E-state index contributed by atoms with van der Waals surface area (Å²) in [5, 5.41) is 3.31. The van der Waals surface area contributed by atoms with Crippen LogP contribution in [-0.4, -0.2) is 30.1 Å². The first kappa shape index (κ1) is 14.3. The fraction of sp³-hybridized carbons (Fsp3) is 0.625. The molecule has 106 valence electrons. The molecule has 0 saturated heterocycles. The number of nitrogens with one attached hydrogen (secondary N) is 1. The molecular weight excluding hydrogens is 239 g/mol. The second-order valence-electron chi connectivity index (χ2n) is 5.99. The van der Waals surface area contributed by atoms with Gasteiger partial charge in [-0.05, 0) is 52.8 Å². The molecule has 0 saturated carbocycles. The van der Waals surface area contributed by atoms with Crippen LogP contribution in [0.15, 0.2) is 18.2 Å². The SMILES string of the molecule is CC(C)N(CC[C@H]1CNc2cccc(F)c21)C(C)C. The van der Waals surface area contributed by atoms with E-state index >= 15 is 0 Å². The van der Waals surface area contributed by atoms with Crippen LogP contribution >= 0.6 is 0 Å². The topological polar surface area (TPSA) is 15.3 Å². The minimum absolute atomic E-state index is 0.0619. The average Bonchev–Trinajstić information content (AvgIpc) is 2.73. The Morgan fingerprint density at radius 3 is 2.58 bits per heavy atom. The molecule has 0 fully saturated rings. The lowest BCUT2D eigenvalue weighted by atomic mass is 9.96. The Hall–Kier alpha value is -1.09. The summed E-state index contributed by atoms with van der Waals surface area (Å²) in [7, 11) is 0. The van der Waals surface area contributed by atoms with E-state index in [1.54, 1.807) is 12.1 Å². The third-order valence-electron chi connectivity index (χ3n) is 4.06. The van der Waals surface area contributed by atoms with Gasteiger partial charge >= 0.3 is 0 Å². The molecule has 0 bridgehead atoms. The van der Waals surface area contributed by atoms with E-state index < -0.39 is 0 Å². The standard InChI is InChI=1S/C16H25FN2/c1-11(2)19(12(3)4)9-8-13-10-18-15-7-5-6-14(17)16(13)15/h5-7,11-13,18H,8-10H2,1-4H3/t13-/m0/s1. The van der Waals surface area contributed by atoms with Gasteiger partial charge in [-0.2, -0.15) is 0 Å². The summed E-state index contributed by atoms with van der Waals surface area (Å²) < 4.78 is 13.9. The van der Waals surface area contributed by atoms with Gasteiger partial charge in [0.05, 0.1) is 0 Å². The molecule has 0 aliphatic carbocycles. The van der Waals surface area contributed by atoms with Crippen LogP contribution in [0.25, 0.3) is 0 Å². The van der Waals surface area contributed by atoms with Gasteiger partial charge in [0.1, 0.15) is 5.82 Å². The van der Waals surface area contributed by atoms with Gasteiger partial charge in [0.25, 0.3) is 0 Å². The van der Waals surface area contributed by atoms with Crippen molar-refractivity contribution in [3.63, 3.8) is 0 Å². The Bertz CT molecular complexity index is 421. The molecule has 1 atom stereocenters. The van der Waals surface area contributed by atoms with Crippen molar-refractivity contribution in [1.29, 1.82) is 0 Å². The molecule has 1 N–H and O–H groups in total. The molecule has 0 aromatic heterocycles. The van der Waals surface area contributed by atoms with Crippen molar-refractivity contribution >= 4 is 5.69 Å². The average molecular weight is 264 g/mol. The lowest BCUT2D eigenvalue weighted by Gasteiger charge is -2.31. The van der Waals surface area contributed by atoms with Crippen molar-refractivity contribution in [1.82, 2.24) is 4.90 Å². The number of halogens is 1. The van der Waals surface area contributed by atoms with Crippen LogP contribution in [0, 0.1) is 5.82 Å². The van der Waals surface area contributed by atoms with Crippen molar-refractivity contribution in [3.05, 3.63) is 29.6 Å². The Morgan fingerprint density at radius 2 is 1.95 bits per heavy atom. The molecule has 1 aromatic carbocycles. The summed E-state index contributed by atoms with van der Waals surface area (Å²) >= 11 is 0. The quantitative estimate of drug-likeness (QED) is 0.869. The fourth-order valence-corrected chi connectivity index (χ4v) is 3.11. The van der Waals surface area contributed by atoms with E-state index in [2.05, 4.69) is 37.9 Å². The van der Waals surface area contributed by atoms with Crippen molar-refractivity contribution in [3.8, 4) is 0 Å². The number of hydrogen-bond acceptors (Lipinski definition) is 2. The molecule has 1 aliphatic heterocycles. The van der Waals surface area contributed by atoms with Gasteiger partial charge in [-0.3, -0.25) is 4.90 Å². The highest BCUT2D eigenvalue weighted by atomic mass is 19.1. The maximum absolute atomic E-state index is 13.9. The van der Waals surface area contributed by atoms with E-state index in [-0.39, 0.29) is 5.82 Å². The summed E-state index contributed by atoms with van der Waals surface area (Å²) in [5.74, 6) is 0.240. The van der Waals surface area contributed by atoms with Crippen LogP contribution in [0.2, 0.25) is 0 Å². The Morgan fingerprint density at radius 1 is 1.26 bits per heavy atom. The first-order chi connectivity index (χ1) is 9.00. The number of nitrogens with zero attached hydrogens (tertiary/aromatic N) is 1. The smallest absolute Gasteiger partial charge is 0.128 e. The summed E-state index contributed by atoms with van der Waals surface area (Å²) in [5.41, 5.74) is 1.86. The van der Waals surface area contributed by atoms with E-state index in [0.717, 1.165) is 30.8 Å². The molecule has 0 radical (unpaired) electrons. The van der Waals surface area contributed by atoms with Gasteiger partial charge in [0.15, 0.2) is 0 Å². The Balaban J connectivity index is 2.03. The molecule has 0 spiro atoms. The van der Waals surface area contributed by atoms with Crippen LogP contribution in [0.1, 0.15) is 45.6 Å². The number of hydrogen-bond donors (Lipinski definition) is 1. The second kappa shape index (κ2) is 5.91. The summed E-state index contributed by atoms with van der Waals surface area (Å²) in [4.78, 5) is 2.47. The normalized spacial score (nSPS) is 18.2. The molecular formula is C16H25FN2. The lowest BCUT2D eigenvalue weighted by Crippen LogP contribution is -2.38. The molecule has 2 rings (SSSR count). The molecule has 2 nitrogen and oxygen atoms in total. The highest BCUT2D eigenvalue weighted by molar-refractivity contribution is 5.58. The van der Waals surface area contributed by atoms with Gasteiger partial charge in [0, 0.05) is 35.8 Å². The van der Waals surface area contributed by atoms with Crippen LogP contribution in [-0.2, 0) is 0 Å². The van der Waals surface area contributed by atoms with Crippen LogP contribution in [0.3, 0.4) is 0 Å². The lowest BCUT2D eigenvalue weighted by molar-refractivity contribution is 0.169. The molecule has 1 aliphatic rings. The second-order valence-corrected chi connectivity index (χ2v) is 5.99. The van der Waals surface area contributed by atoms with Crippen LogP contribution < -0.4 is 5.32 Å². The van der Waals surface area contributed by atoms with Crippen molar-refractivity contribution < 1.29 is 4.39 Å². The Kier molecular flexibility index (Phi) is 4.46. The molecule has 1 aromatic rings. The van der Waals surface area contributed by atoms with Gasteiger partial charge in [-0.15, -0.1) is 0 Å². The maximum atomic E-state index is 13.9. The molecule has 0 amide bonds. The summed E-state index contributed by atoms with van der Waals surface area (Å²) in [6.45, 7) is 10.8. The largest absolute Gasteiger partial charge is 0.384 e. The van der Waals surface area contributed by atoms with E-state index in [4.69, 9.17) is 0 Å². The van der Waals surface area contributed by atoms with Crippen LogP contribution in [0.4, 0.5) is 10.1 Å². The van der Waals surface area contributed by atoms with E-state index in [0.29, 0.717) is 18.0 Å². The van der Waals surface area contributed by atoms with Crippen LogP contribution in [0.5, 0.6) is 0 Å². The van der Waals surface area contributed by atoms with Gasteiger partial charge in [0.2, 0.25) is 0 Å². The summed E-state index contributed by atoms with van der Waals surface area (Å²) in [6.07, 6.45) is 1.01. The van der Waals surface area contributed by atoms with E-state index in [9.17, 15) is 4.39 Å². The minimum Gasteiger partial charge on any atom is -0.384 e. The van der Waals surface area contributed by atoms with Crippen molar-refractivity contribution in [2.75, 3.05) is 18.4 Å². The summed E-state index contributed by atoms with van der Waals surface area (Å²) in [6, 6.07) is 6.39. The van der Waals surface area contributed by atoms with E-state index in [1.165, 1.54) is 0 Å². The first-order valence-electron chi connectivity index (χ1n) is 7.28. The van der Waals surface area contributed by atoms with E-state index in [1.807, 2.05) is 6.07 Å². The zero-order valence-corrected chi connectivity index (χ0v) is 12.4. The van der Waals surface area contributed by atoms with Gasteiger partial charge in [-0.1, -0.05) is 6.07 Å². The fourth-order valence-electron chi connectivity index (χ4n) is 3.11. The molecule has 0 unspecified atom stereocenters. The monoisotopic (exact) mass is 264 g/mol. The highest BCUT2D eigenvalue weighted by Gasteiger charge is 2.26. The molecule has 19 heavy (non-hydrogen) atoms. The zero-order valence-electron chi connectivity index (χ0n) is 12.4. The molecule has 3 heteroatoms. The third-order valence-corrected chi connectivity index (χ3v) is 4.06. The third kappa shape index (κ3) is 3.08. The van der Waals surface area contributed by atoms with Crippen molar-refractivity contribution in [2.45, 2.75) is 52.1 Å². The van der Waals surface area contributed by atoms with Gasteiger partial charge < -0.3 is 5.32 Å². The van der Waals surface area contributed by atoms with Gasteiger partial charge in [-0.25, -0.2) is 4.39 Å².